The van der Waals surface area contributed by atoms with Gasteiger partial charge in [-0.2, -0.15) is 0 Å². The van der Waals surface area contributed by atoms with Gasteiger partial charge in [0.25, 0.3) is 17.7 Å². The maximum Gasteiger partial charge on any atom is 0.279 e. The van der Waals surface area contributed by atoms with Gasteiger partial charge in [0.2, 0.25) is 0 Å². The lowest BCUT2D eigenvalue weighted by Gasteiger charge is -2.22. The van der Waals surface area contributed by atoms with Crippen LogP contribution in [0.2, 0.25) is 0 Å². The van der Waals surface area contributed by atoms with Gasteiger partial charge in [0, 0.05) is 5.56 Å². The monoisotopic (exact) mass is 447 g/mol. The Kier molecular flexibility index (Phi) is 7.66. The quantitative estimate of drug-likeness (QED) is 0.483. The van der Waals surface area contributed by atoms with E-state index in [4.69, 9.17) is 4.74 Å². The van der Waals surface area contributed by atoms with Crippen LogP contribution in [-0.2, 0) is 9.59 Å². The van der Waals surface area contributed by atoms with Gasteiger partial charge in [0.15, 0.2) is 6.10 Å². The summed E-state index contributed by atoms with van der Waals surface area (Å²) in [6.07, 6.45) is -0.842. The van der Waals surface area contributed by atoms with Crippen LogP contribution in [0.25, 0.3) is 10.8 Å². The SMILES string of the molecule is Cc1cccc(C(=O)N[C@H](C(=O)NNC(=O)C(C)Oc2ccc3ccccc3c2)C(C)C)c1. The fourth-order valence-electron chi connectivity index (χ4n) is 3.35. The Bertz CT molecular complexity index is 1160. The number of hydrogen-bond donors (Lipinski definition) is 3. The van der Waals surface area contributed by atoms with Crippen molar-refractivity contribution >= 4 is 28.5 Å². The third-order valence-electron chi connectivity index (χ3n) is 5.23. The third kappa shape index (κ3) is 6.32. The first-order valence-corrected chi connectivity index (χ1v) is 10.9. The zero-order valence-corrected chi connectivity index (χ0v) is 19.2. The summed E-state index contributed by atoms with van der Waals surface area (Å²) in [4.78, 5) is 37.7. The second-order valence-electron chi connectivity index (χ2n) is 8.31. The summed E-state index contributed by atoms with van der Waals surface area (Å²) in [7, 11) is 0. The number of ether oxygens (including phenoxy) is 1. The molecular weight excluding hydrogens is 418 g/mol. The molecule has 1 unspecified atom stereocenters. The van der Waals surface area contributed by atoms with Crippen molar-refractivity contribution in [3.05, 3.63) is 77.9 Å². The first kappa shape index (κ1) is 23.8. The van der Waals surface area contributed by atoms with Crippen LogP contribution in [0.1, 0.15) is 36.7 Å². The van der Waals surface area contributed by atoms with E-state index in [0.717, 1.165) is 16.3 Å². The number of nitrogens with one attached hydrogen (secondary N) is 3. The molecule has 3 amide bonds. The molecule has 0 aliphatic carbocycles. The molecule has 0 fully saturated rings. The average molecular weight is 448 g/mol. The van der Waals surface area contributed by atoms with Crippen molar-refractivity contribution in [3.63, 3.8) is 0 Å². The molecule has 3 aromatic carbocycles. The van der Waals surface area contributed by atoms with E-state index in [-0.39, 0.29) is 11.8 Å². The predicted molar refractivity (Wildman–Crippen MR) is 128 cm³/mol. The van der Waals surface area contributed by atoms with E-state index < -0.39 is 24.0 Å². The highest BCUT2D eigenvalue weighted by Crippen LogP contribution is 2.21. The van der Waals surface area contributed by atoms with Crippen LogP contribution in [0, 0.1) is 12.8 Å². The number of hydrazine groups is 1. The maximum atomic E-state index is 12.7. The molecule has 3 aromatic rings. The molecule has 0 radical (unpaired) electrons. The van der Waals surface area contributed by atoms with Crippen molar-refractivity contribution in [2.45, 2.75) is 39.8 Å². The summed E-state index contributed by atoms with van der Waals surface area (Å²) < 4.78 is 5.72. The number of aryl methyl sites for hydroxylation is 1. The van der Waals surface area contributed by atoms with Gasteiger partial charge in [0.1, 0.15) is 11.8 Å². The van der Waals surface area contributed by atoms with Crippen LogP contribution >= 0.6 is 0 Å². The van der Waals surface area contributed by atoms with E-state index in [1.165, 1.54) is 0 Å². The van der Waals surface area contributed by atoms with Crippen LogP contribution in [0.4, 0.5) is 0 Å². The Labute approximate surface area is 193 Å². The molecule has 7 nitrogen and oxygen atoms in total. The van der Waals surface area contributed by atoms with Crippen molar-refractivity contribution in [3.8, 4) is 5.75 Å². The van der Waals surface area contributed by atoms with Gasteiger partial charge in [0.05, 0.1) is 0 Å². The zero-order chi connectivity index (χ0) is 24.0. The fraction of sp³-hybridized carbons (Fsp3) is 0.269. The zero-order valence-electron chi connectivity index (χ0n) is 19.2. The van der Waals surface area contributed by atoms with Crippen LogP contribution in [0.3, 0.4) is 0 Å². The van der Waals surface area contributed by atoms with Crippen molar-refractivity contribution < 1.29 is 19.1 Å². The molecule has 3 rings (SSSR count). The molecule has 7 heteroatoms. The number of fused-ring (bicyclic) bond motifs is 1. The summed E-state index contributed by atoms with van der Waals surface area (Å²) in [6, 6.07) is 19.7. The number of rotatable bonds is 7. The van der Waals surface area contributed by atoms with Crippen molar-refractivity contribution in [2.24, 2.45) is 5.92 Å². The lowest BCUT2D eigenvalue weighted by Crippen LogP contribution is -2.55. The van der Waals surface area contributed by atoms with E-state index in [1.54, 1.807) is 31.2 Å². The van der Waals surface area contributed by atoms with Gasteiger partial charge in [-0.3, -0.25) is 25.2 Å². The van der Waals surface area contributed by atoms with Gasteiger partial charge < -0.3 is 10.1 Å². The molecule has 0 saturated carbocycles. The summed E-state index contributed by atoms with van der Waals surface area (Å²) in [5.74, 6) is -1.02. The molecule has 0 bridgehead atoms. The summed E-state index contributed by atoms with van der Waals surface area (Å²) in [5.41, 5.74) is 6.19. The molecule has 0 saturated heterocycles. The Morgan fingerprint density at radius 3 is 2.18 bits per heavy atom. The minimum absolute atomic E-state index is 0.193. The third-order valence-corrected chi connectivity index (χ3v) is 5.23. The van der Waals surface area contributed by atoms with Crippen LogP contribution in [0.15, 0.2) is 66.7 Å². The molecule has 172 valence electrons. The molecule has 0 aliphatic heterocycles. The number of hydrogen-bond acceptors (Lipinski definition) is 4. The summed E-state index contributed by atoms with van der Waals surface area (Å²) in [6.45, 7) is 7.11. The smallest absolute Gasteiger partial charge is 0.279 e. The summed E-state index contributed by atoms with van der Waals surface area (Å²) >= 11 is 0. The van der Waals surface area contributed by atoms with Gasteiger partial charge >= 0.3 is 0 Å². The largest absolute Gasteiger partial charge is 0.481 e. The van der Waals surface area contributed by atoms with Gasteiger partial charge in [-0.25, -0.2) is 0 Å². The van der Waals surface area contributed by atoms with Gasteiger partial charge in [-0.1, -0.05) is 61.9 Å². The number of carbonyl (C=O) groups excluding carboxylic acids is 3. The Balaban J connectivity index is 1.56. The van der Waals surface area contributed by atoms with Crippen molar-refractivity contribution in [2.75, 3.05) is 0 Å². The second kappa shape index (κ2) is 10.6. The highest BCUT2D eigenvalue weighted by Gasteiger charge is 2.26. The highest BCUT2D eigenvalue weighted by molar-refractivity contribution is 5.98. The highest BCUT2D eigenvalue weighted by atomic mass is 16.5. The van der Waals surface area contributed by atoms with Crippen LogP contribution in [-0.4, -0.2) is 29.9 Å². The van der Waals surface area contributed by atoms with E-state index in [9.17, 15) is 14.4 Å². The van der Waals surface area contributed by atoms with Crippen molar-refractivity contribution in [1.29, 1.82) is 0 Å². The number of benzene rings is 3. The first-order chi connectivity index (χ1) is 15.7. The van der Waals surface area contributed by atoms with Crippen molar-refractivity contribution in [1.82, 2.24) is 16.2 Å². The molecule has 0 spiro atoms. The Morgan fingerprint density at radius 2 is 1.48 bits per heavy atom. The summed E-state index contributed by atoms with van der Waals surface area (Å²) in [5, 5.41) is 4.81. The van der Waals surface area contributed by atoms with E-state index in [0.29, 0.717) is 11.3 Å². The fourth-order valence-corrected chi connectivity index (χ4v) is 3.35. The average Bonchev–Trinajstić information content (AvgIpc) is 2.80. The lowest BCUT2D eigenvalue weighted by atomic mass is 10.0. The molecule has 2 atom stereocenters. The molecule has 0 aliphatic rings. The standard InChI is InChI=1S/C26H29N3O4/c1-16(2)23(27-25(31)21-11-7-8-17(3)14-21)26(32)29-28-24(30)18(4)33-22-13-12-19-9-5-6-10-20(19)15-22/h5-16,18,23H,1-4H3,(H,27,31)(H,28,30)(H,29,32)/t18?,23-/m0/s1. The molecule has 0 aromatic heterocycles. The molecular formula is C26H29N3O4. The van der Waals surface area contributed by atoms with Crippen LogP contribution < -0.4 is 20.9 Å². The van der Waals surface area contributed by atoms with Gasteiger partial charge in [-0.15, -0.1) is 0 Å². The molecule has 3 N–H and O–H groups in total. The number of amides is 3. The Morgan fingerprint density at radius 1 is 0.788 bits per heavy atom. The Hall–Kier alpha value is -3.87. The van der Waals surface area contributed by atoms with Gasteiger partial charge in [-0.05, 0) is 54.8 Å². The van der Waals surface area contributed by atoms with E-state index in [2.05, 4.69) is 16.2 Å². The molecule has 0 heterocycles. The lowest BCUT2D eigenvalue weighted by molar-refractivity contribution is -0.133. The number of carbonyl (C=O) groups is 3. The normalized spacial score (nSPS) is 12.6. The predicted octanol–water partition coefficient (Wildman–Crippen LogP) is 3.52. The van der Waals surface area contributed by atoms with E-state index in [1.807, 2.05) is 63.2 Å². The first-order valence-electron chi connectivity index (χ1n) is 10.9. The van der Waals surface area contributed by atoms with Crippen LogP contribution in [0.5, 0.6) is 5.75 Å². The molecule has 33 heavy (non-hydrogen) atoms. The minimum atomic E-state index is -0.842. The minimum Gasteiger partial charge on any atom is -0.481 e. The second-order valence-corrected chi connectivity index (χ2v) is 8.31. The van der Waals surface area contributed by atoms with E-state index >= 15 is 0 Å². The maximum absolute atomic E-state index is 12.7. The topological polar surface area (TPSA) is 96.5 Å².